The van der Waals surface area contributed by atoms with Crippen LogP contribution < -0.4 is 5.32 Å². The number of nitrogens with one attached hydrogen (secondary N) is 1. The van der Waals surface area contributed by atoms with Crippen molar-refractivity contribution in [1.29, 1.82) is 0 Å². The Morgan fingerprint density at radius 2 is 1.86 bits per heavy atom. The Labute approximate surface area is 163 Å². The van der Waals surface area contributed by atoms with Crippen LogP contribution in [-0.2, 0) is 4.74 Å². The molecule has 4 rings (SSSR count). The number of fused-ring (bicyclic) bond motifs is 1. The van der Waals surface area contributed by atoms with E-state index < -0.39 is 37.3 Å². The van der Waals surface area contributed by atoms with E-state index in [0.29, 0.717) is 5.69 Å². The first-order valence-electron chi connectivity index (χ1n) is 8.69. The van der Waals surface area contributed by atoms with Crippen molar-refractivity contribution in [2.45, 2.75) is 30.7 Å². The van der Waals surface area contributed by atoms with E-state index >= 15 is 0 Å². The number of aliphatic hydroxyl groups is 3. The highest BCUT2D eigenvalue weighted by atomic mass is 32.1. The van der Waals surface area contributed by atoms with Crippen LogP contribution in [-0.4, -0.2) is 62.7 Å². The molecule has 5 atom stereocenters. The number of alkyl halides is 1. The van der Waals surface area contributed by atoms with Gasteiger partial charge >= 0.3 is 0 Å². The Morgan fingerprint density at radius 3 is 2.57 bits per heavy atom. The summed E-state index contributed by atoms with van der Waals surface area (Å²) in [7, 11) is 0. The summed E-state index contributed by atoms with van der Waals surface area (Å²) in [4.78, 5) is 4.53. The Balaban J connectivity index is 1.51. The van der Waals surface area contributed by atoms with Gasteiger partial charge in [0.05, 0.1) is 16.8 Å². The molecule has 9 heteroatoms. The second-order valence-electron chi connectivity index (χ2n) is 6.60. The van der Waals surface area contributed by atoms with E-state index in [4.69, 9.17) is 4.74 Å². The van der Waals surface area contributed by atoms with Crippen LogP contribution in [0.1, 0.15) is 0 Å². The summed E-state index contributed by atoms with van der Waals surface area (Å²) in [5, 5.41) is 41.9. The van der Waals surface area contributed by atoms with Gasteiger partial charge in [0, 0.05) is 11.3 Å². The average Bonchev–Trinajstić information content (AvgIpc) is 3.12. The molecule has 2 aromatic carbocycles. The summed E-state index contributed by atoms with van der Waals surface area (Å²) in [6.07, 6.45) is -7.26. The molecule has 28 heavy (non-hydrogen) atoms. The SMILES string of the molecule is OCC1OC(Nc2ccc(-c3nc4ccc(O)cc4s3)cc2)C(F)C(O)C1O. The van der Waals surface area contributed by atoms with Crippen molar-refractivity contribution in [1.82, 2.24) is 4.98 Å². The molecule has 0 saturated carbocycles. The third kappa shape index (κ3) is 3.54. The number of ether oxygens (including phenoxy) is 1. The second-order valence-corrected chi connectivity index (χ2v) is 7.63. The molecule has 2 heterocycles. The molecule has 3 aromatic rings. The fourth-order valence-corrected chi connectivity index (χ4v) is 4.11. The van der Waals surface area contributed by atoms with Gasteiger partial charge in [-0.1, -0.05) is 0 Å². The summed E-state index contributed by atoms with van der Waals surface area (Å²) in [6.45, 7) is -0.533. The molecule has 1 aromatic heterocycles. The standard InChI is InChI=1S/C19H19FN2O5S/c20-15-17(26)16(25)13(8-23)27-18(15)21-10-3-1-9(2-4-10)19-22-12-6-5-11(24)7-14(12)28-19/h1-7,13,15-18,21,23-26H,8H2. The molecular weight excluding hydrogens is 387 g/mol. The predicted octanol–water partition coefficient (Wildman–Crippen LogP) is 1.86. The van der Waals surface area contributed by atoms with Crippen molar-refractivity contribution in [3.05, 3.63) is 42.5 Å². The van der Waals surface area contributed by atoms with Gasteiger partial charge in [-0.15, -0.1) is 11.3 Å². The van der Waals surface area contributed by atoms with E-state index in [1.54, 1.807) is 30.3 Å². The van der Waals surface area contributed by atoms with Crippen molar-refractivity contribution in [3.63, 3.8) is 0 Å². The number of nitrogens with zero attached hydrogens (tertiary/aromatic N) is 1. The van der Waals surface area contributed by atoms with Crippen LogP contribution in [0.3, 0.4) is 0 Å². The zero-order valence-corrected chi connectivity index (χ0v) is 15.4. The molecule has 7 nitrogen and oxygen atoms in total. The summed E-state index contributed by atoms with van der Waals surface area (Å²) >= 11 is 1.45. The average molecular weight is 406 g/mol. The fraction of sp³-hybridized carbons (Fsp3) is 0.316. The maximum absolute atomic E-state index is 14.3. The van der Waals surface area contributed by atoms with Crippen molar-refractivity contribution in [2.75, 3.05) is 11.9 Å². The molecule has 0 spiro atoms. The van der Waals surface area contributed by atoms with Gasteiger partial charge in [-0.25, -0.2) is 9.37 Å². The Kier molecular flexibility index (Phi) is 5.17. The van der Waals surface area contributed by atoms with E-state index in [0.717, 1.165) is 20.8 Å². The highest BCUT2D eigenvalue weighted by molar-refractivity contribution is 7.21. The number of phenols is 1. The molecule has 5 unspecified atom stereocenters. The highest BCUT2D eigenvalue weighted by Crippen LogP contribution is 2.33. The number of benzene rings is 2. The molecule has 0 aliphatic carbocycles. The van der Waals surface area contributed by atoms with Gasteiger partial charge in [0.25, 0.3) is 0 Å². The van der Waals surface area contributed by atoms with Gasteiger partial charge in [-0.3, -0.25) is 0 Å². The molecular formula is C19H19FN2O5S. The topological polar surface area (TPSA) is 115 Å². The lowest BCUT2D eigenvalue weighted by molar-refractivity contribution is -0.204. The number of aliphatic hydroxyl groups excluding tert-OH is 3. The van der Waals surface area contributed by atoms with Crippen LogP contribution in [0, 0.1) is 0 Å². The molecule has 1 aliphatic heterocycles. The highest BCUT2D eigenvalue weighted by Gasteiger charge is 2.44. The number of anilines is 1. The van der Waals surface area contributed by atoms with Gasteiger partial charge in [0.2, 0.25) is 0 Å². The largest absolute Gasteiger partial charge is 0.508 e. The van der Waals surface area contributed by atoms with E-state index in [9.17, 15) is 24.8 Å². The quantitative estimate of drug-likeness (QED) is 0.449. The molecule has 1 saturated heterocycles. The van der Waals surface area contributed by atoms with Crippen molar-refractivity contribution in [2.24, 2.45) is 0 Å². The number of rotatable bonds is 4. The number of thiazole rings is 1. The zero-order valence-electron chi connectivity index (χ0n) is 14.6. The number of hydrogen-bond acceptors (Lipinski definition) is 8. The lowest BCUT2D eigenvalue weighted by Gasteiger charge is -2.39. The van der Waals surface area contributed by atoms with Crippen molar-refractivity contribution >= 4 is 27.2 Å². The van der Waals surface area contributed by atoms with Crippen LogP contribution in [0.15, 0.2) is 42.5 Å². The zero-order chi connectivity index (χ0) is 19.8. The third-order valence-electron chi connectivity index (χ3n) is 4.66. The lowest BCUT2D eigenvalue weighted by Crippen LogP contribution is -2.59. The molecule has 0 radical (unpaired) electrons. The Morgan fingerprint density at radius 1 is 1.11 bits per heavy atom. The van der Waals surface area contributed by atoms with E-state index in [1.807, 2.05) is 12.1 Å². The predicted molar refractivity (Wildman–Crippen MR) is 103 cm³/mol. The normalized spacial score (nSPS) is 27.8. The van der Waals surface area contributed by atoms with Crippen LogP contribution in [0.5, 0.6) is 5.75 Å². The molecule has 0 amide bonds. The minimum absolute atomic E-state index is 0.184. The number of hydrogen-bond donors (Lipinski definition) is 5. The summed E-state index contributed by atoms with van der Waals surface area (Å²) in [5.74, 6) is 0.184. The molecule has 1 fully saturated rings. The maximum atomic E-state index is 14.3. The number of halogens is 1. The smallest absolute Gasteiger partial charge is 0.173 e. The van der Waals surface area contributed by atoms with Crippen LogP contribution >= 0.6 is 11.3 Å². The molecule has 5 N–H and O–H groups in total. The minimum Gasteiger partial charge on any atom is -0.508 e. The van der Waals surface area contributed by atoms with Gasteiger partial charge in [0.1, 0.15) is 29.1 Å². The van der Waals surface area contributed by atoms with Crippen molar-refractivity contribution < 1.29 is 29.6 Å². The maximum Gasteiger partial charge on any atom is 0.173 e. The third-order valence-corrected chi connectivity index (χ3v) is 5.73. The summed E-state index contributed by atoms with van der Waals surface area (Å²) < 4.78 is 20.5. The van der Waals surface area contributed by atoms with Crippen LogP contribution in [0.25, 0.3) is 20.8 Å². The fourth-order valence-electron chi connectivity index (χ4n) is 3.11. The van der Waals surface area contributed by atoms with Crippen LogP contribution in [0.4, 0.5) is 10.1 Å². The van der Waals surface area contributed by atoms with E-state index in [-0.39, 0.29) is 5.75 Å². The Hall–Kier alpha value is -2.30. The Bertz CT molecular complexity index is 965. The molecule has 0 bridgehead atoms. The number of phenolic OH excluding ortho intramolecular Hbond substituents is 1. The van der Waals surface area contributed by atoms with Crippen LogP contribution in [0.2, 0.25) is 0 Å². The second kappa shape index (κ2) is 7.61. The van der Waals surface area contributed by atoms with Crippen molar-refractivity contribution in [3.8, 4) is 16.3 Å². The lowest BCUT2D eigenvalue weighted by atomic mass is 9.99. The van der Waals surface area contributed by atoms with Gasteiger partial charge in [-0.2, -0.15) is 0 Å². The van der Waals surface area contributed by atoms with E-state index in [2.05, 4.69) is 10.3 Å². The summed E-state index contributed by atoms with van der Waals surface area (Å²) in [6, 6.07) is 12.1. The number of aromatic hydroxyl groups is 1. The first-order chi connectivity index (χ1) is 13.5. The van der Waals surface area contributed by atoms with Gasteiger partial charge in [0.15, 0.2) is 12.4 Å². The summed E-state index contributed by atoms with van der Waals surface area (Å²) in [5.41, 5.74) is 2.20. The first-order valence-corrected chi connectivity index (χ1v) is 9.51. The monoisotopic (exact) mass is 406 g/mol. The van der Waals surface area contributed by atoms with Gasteiger partial charge in [-0.05, 0) is 42.5 Å². The van der Waals surface area contributed by atoms with E-state index in [1.165, 1.54) is 11.3 Å². The first kappa shape index (κ1) is 19.0. The number of aromatic nitrogens is 1. The minimum atomic E-state index is -1.85. The van der Waals surface area contributed by atoms with Gasteiger partial charge < -0.3 is 30.5 Å². The molecule has 1 aliphatic rings. The molecule has 148 valence electrons.